The van der Waals surface area contributed by atoms with Gasteiger partial charge in [0.1, 0.15) is 0 Å². The molecule has 7 heteroatoms. The molecule has 2 N–H and O–H groups in total. The van der Waals surface area contributed by atoms with Crippen LogP contribution in [-0.2, 0) is 25.8 Å². The van der Waals surface area contributed by atoms with Gasteiger partial charge in [-0.25, -0.2) is 19.6 Å². The van der Waals surface area contributed by atoms with Crippen LogP contribution < -0.4 is 54.2 Å². The number of hydrogen-bond acceptors (Lipinski definition) is 0. The van der Waals surface area contributed by atoms with Crippen molar-refractivity contribution in [1.82, 2.24) is 0 Å². The minimum atomic E-state index is 0. The summed E-state index contributed by atoms with van der Waals surface area (Å²) in [6.45, 7) is 6.50. The Morgan fingerprint density at radius 3 is 1.10 bits per heavy atom. The Hall–Kier alpha value is 2.56. The van der Waals surface area contributed by atoms with E-state index < -0.39 is 0 Å². The summed E-state index contributed by atoms with van der Waals surface area (Å²) < 4.78 is 0. The molecule has 0 spiro atoms. The van der Waals surface area contributed by atoms with E-state index in [2.05, 4.69) is 13.5 Å². The number of hydrogen-bond donors (Lipinski definition) is 0. The number of allylic oxidation sites excluding steroid dienone is 1. The fraction of sp³-hybridized carbons (Fsp3) is 0. The summed E-state index contributed by atoms with van der Waals surface area (Å²) in [6.07, 6.45) is 1.50. The molecule has 0 aliphatic rings. The van der Waals surface area contributed by atoms with Crippen molar-refractivity contribution in [2.24, 2.45) is 0 Å². The van der Waals surface area contributed by atoms with E-state index in [0.29, 0.717) is 0 Å². The van der Waals surface area contributed by atoms with Gasteiger partial charge in [0.25, 0.3) is 0 Å². The first-order valence-electron chi connectivity index (χ1n) is 0.816. The van der Waals surface area contributed by atoms with Gasteiger partial charge in [0, 0.05) is 0 Å². The molecular weight excluding hydrogens is 439 g/mol. The minimum Gasteiger partial charge on any atom is -1.00 e. The number of halogens is 4. The maximum Gasteiger partial charge on any atom is 4.00 e. The molecule has 1 nitrogen and oxygen atoms in total. The zero-order valence-corrected chi connectivity index (χ0v) is 14.1. The average molecular weight is 446 g/mol. The smallest absolute Gasteiger partial charge is 1.00 e. The van der Waals surface area contributed by atoms with Crippen LogP contribution in [0.25, 0.3) is 6.15 Å². The van der Waals surface area contributed by atoms with E-state index in [-0.39, 0.29) is 109 Å². The van der Waals surface area contributed by atoms with Gasteiger partial charge in [0.15, 0.2) is 0 Å². The van der Waals surface area contributed by atoms with Crippen molar-refractivity contribution in [3.05, 3.63) is 25.7 Å². The summed E-state index contributed by atoms with van der Waals surface area (Å²) in [4.78, 5) is 0. The largest absolute Gasteiger partial charge is 4.00 e. The molecule has 0 atom stereocenters. The van der Waals surface area contributed by atoms with Crippen molar-refractivity contribution < 1.29 is 80.0 Å². The first kappa shape index (κ1) is 80.8. The third-order valence-corrected chi connectivity index (χ3v) is 0. The second kappa shape index (κ2) is 102. The minimum absolute atomic E-state index is 0. The molecule has 0 saturated heterocycles. The van der Waals surface area contributed by atoms with Crippen LogP contribution >= 0.6 is 0 Å². The topological polar surface area (TPSA) is 33.5 Å². The van der Waals surface area contributed by atoms with Crippen LogP contribution in [-0.4, -0.2) is 23.1 Å². The third kappa shape index (κ3) is 148. The predicted molar refractivity (Wildman–Crippen MR) is 26.6 cm³/mol. The van der Waals surface area contributed by atoms with Gasteiger partial charge in [-0.1, -0.05) is 0 Å². The summed E-state index contributed by atoms with van der Waals surface area (Å²) in [6, 6.07) is 0. The molecule has 0 unspecified atom stereocenters. The maximum absolute atomic E-state index is 3.25. The summed E-state index contributed by atoms with van der Waals surface area (Å²) >= 11 is 0. The van der Waals surface area contributed by atoms with Crippen molar-refractivity contribution in [2.75, 3.05) is 0 Å². The average Bonchev–Trinajstić information content (AvgIpc) is 0.918. The standard InChI is InChI=1S/C3H5.BrH.3ClH.Hf.Mg.H2N/c1-3-2;;;;;;;/h3H,1-2H2;4*1H;;;1H2/q-1;;;;;+4;+2;-1/p-4. The zero-order valence-electron chi connectivity index (χ0n) is 5.29. The molecule has 0 aliphatic carbocycles. The molecule has 0 saturated carbocycles. The first-order chi connectivity index (χ1) is 1.41. The number of rotatable bonds is 0. The molecule has 0 aliphatic heterocycles. The van der Waals surface area contributed by atoms with Gasteiger partial charge in [-0.2, -0.15) is 0 Å². The Morgan fingerprint density at radius 2 is 1.10 bits per heavy atom. The summed E-state index contributed by atoms with van der Waals surface area (Å²) in [5.41, 5.74) is 0. The molecular formula is C3H7BrCl3HfMgN. The van der Waals surface area contributed by atoms with Crippen LogP contribution in [0.5, 0.6) is 0 Å². The van der Waals surface area contributed by atoms with E-state index >= 15 is 0 Å². The summed E-state index contributed by atoms with van der Waals surface area (Å²) in [7, 11) is 0. The molecule has 0 aromatic rings. The van der Waals surface area contributed by atoms with Crippen LogP contribution in [0, 0.1) is 6.92 Å². The first-order valence-corrected chi connectivity index (χ1v) is 0.816. The van der Waals surface area contributed by atoms with Gasteiger partial charge < -0.3 is 60.4 Å². The fourth-order valence-electron chi connectivity index (χ4n) is 0. The molecule has 0 bridgehead atoms. The molecule has 10 heavy (non-hydrogen) atoms. The van der Waals surface area contributed by atoms with Gasteiger partial charge in [-0.05, 0) is 0 Å². The molecule has 0 rings (SSSR count). The Kier molecular flexibility index (Phi) is 822. The quantitative estimate of drug-likeness (QED) is 0.262. The van der Waals surface area contributed by atoms with Crippen molar-refractivity contribution in [3.63, 3.8) is 0 Å². The van der Waals surface area contributed by atoms with E-state index in [1.807, 2.05) is 0 Å². The molecule has 0 amide bonds. The molecule has 0 heterocycles. The molecule has 58 valence electrons. The monoisotopic (exact) mass is 445 g/mol. The second-order valence-corrected chi connectivity index (χ2v) is 0.289. The van der Waals surface area contributed by atoms with Crippen LogP contribution in [0.2, 0.25) is 0 Å². The van der Waals surface area contributed by atoms with Gasteiger partial charge in [0.05, 0.1) is 0 Å². The third-order valence-electron chi connectivity index (χ3n) is 0. The maximum atomic E-state index is 3.25. The Morgan fingerprint density at radius 1 is 1.10 bits per heavy atom. The van der Waals surface area contributed by atoms with Crippen LogP contribution in [0.15, 0.2) is 12.7 Å². The van der Waals surface area contributed by atoms with Gasteiger partial charge in [-0.15, -0.1) is 0 Å². The Bertz CT molecular complexity index is 31.2. The molecule has 0 fully saturated rings. The van der Waals surface area contributed by atoms with Gasteiger partial charge in [0.2, 0.25) is 0 Å². The van der Waals surface area contributed by atoms with Crippen molar-refractivity contribution in [3.8, 4) is 0 Å². The van der Waals surface area contributed by atoms with E-state index in [1.165, 1.54) is 6.08 Å². The van der Waals surface area contributed by atoms with E-state index in [9.17, 15) is 0 Å². The molecule has 0 aromatic heterocycles. The van der Waals surface area contributed by atoms with Crippen LogP contribution in [0.4, 0.5) is 0 Å². The summed E-state index contributed by atoms with van der Waals surface area (Å²) in [5.74, 6) is 0. The Labute approximate surface area is 127 Å². The van der Waals surface area contributed by atoms with E-state index in [1.54, 1.807) is 0 Å². The zero-order chi connectivity index (χ0) is 2.71. The Balaban J connectivity index is -0.000000000952. The second-order valence-electron chi connectivity index (χ2n) is 0.289. The van der Waals surface area contributed by atoms with E-state index in [0.717, 1.165) is 0 Å². The normalized spacial score (nSPS) is 1.20. The SMILES string of the molecule is C=C[CH2-].[Br-].[Cl-].[Cl-].[Cl-].[Hf+4].[Mg+2].[NH2-]. The summed E-state index contributed by atoms with van der Waals surface area (Å²) in [5, 5.41) is 0. The number of nitrogens with two attached hydrogens (primary N) is 1. The van der Waals surface area contributed by atoms with Crippen LogP contribution in [0.3, 0.4) is 0 Å². The predicted octanol–water partition coefficient (Wildman–Crippen LogP) is -10.6. The molecule has 0 radical (unpaired) electrons. The van der Waals surface area contributed by atoms with Crippen molar-refractivity contribution in [2.45, 2.75) is 0 Å². The van der Waals surface area contributed by atoms with Crippen molar-refractivity contribution in [1.29, 1.82) is 0 Å². The fourth-order valence-corrected chi connectivity index (χ4v) is 0. The molecule has 0 aromatic carbocycles. The van der Waals surface area contributed by atoms with E-state index in [4.69, 9.17) is 0 Å². The van der Waals surface area contributed by atoms with Crippen molar-refractivity contribution >= 4 is 23.1 Å². The van der Waals surface area contributed by atoms with Gasteiger partial charge >= 0.3 is 48.9 Å². The van der Waals surface area contributed by atoms with Crippen LogP contribution in [0.1, 0.15) is 0 Å². The van der Waals surface area contributed by atoms with Gasteiger partial charge in [-0.3, -0.25) is 0 Å².